The lowest BCUT2D eigenvalue weighted by molar-refractivity contribution is 0.285. The van der Waals surface area contributed by atoms with E-state index in [1.54, 1.807) is 0 Å². The molecule has 9 aromatic carbocycles. The highest BCUT2D eigenvalue weighted by Gasteiger charge is 2.38. The van der Waals surface area contributed by atoms with Crippen LogP contribution in [-0.2, 0) is 26.4 Å². The Kier molecular flexibility index (Phi) is 8.70. The summed E-state index contributed by atoms with van der Waals surface area (Å²) >= 11 is 0. The van der Waals surface area contributed by atoms with Crippen LogP contribution in [0.2, 0.25) is 0 Å². The predicted octanol–water partition coefficient (Wildman–Crippen LogP) is 15.8. The maximum absolute atomic E-state index is 7.01. The van der Waals surface area contributed by atoms with Gasteiger partial charge in [0.15, 0.2) is 0 Å². The summed E-state index contributed by atoms with van der Waals surface area (Å²) in [5, 5.41) is 0. The van der Waals surface area contributed by atoms with Crippen molar-refractivity contribution in [2.24, 2.45) is 0 Å². The monoisotopic (exact) mass is 854 g/mol. The van der Waals surface area contributed by atoms with Crippen LogP contribution in [0.4, 0.5) is 0 Å². The van der Waals surface area contributed by atoms with Gasteiger partial charge in [-0.25, -0.2) is 0 Å². The molecule has 66 heavy (non-hydrogen) atoms. The summed E-state index contributed by atoms with van der Waals surface area (Å²) in [6, 6.07) is 57.4. The SMILES string of the molecule is Cc1ccc(-c2c3c(c4c(c2-c2ccc(C)cc2)COc2cc5c(cc2-4)-c2c(c(-c4ccc(C)cc4)c(-c4ccc(C)cc4)c4c2-c2ccccc2OC4)CO5)-c2ccccc2OC3)cc1. The van der Waals surface area contributed by atoms with Crippen molar-refractivity contribution in [3.05, 3.63) is 202 Å². The van der Waals surface area contributed by atoms with Crippen molar-refractivity contribution in [1.29, 1.82) is 0 Å². The van der Waals surface area contributed by atoms with E-state index in [0.717, 1.165) is 67.5 Å². The standard InChI is InChI=1S/C62H46O4/c1-35-13-21-39(22-14-35)55-47-31-63-51-11-7-5-9-43(51)59(47)61-45-29-46-54(30-53(45)65-33-49(61)57(55)41-25-17-37(3)18-26-41)66-34-50-58(42-27-19-38(4)20-28-42)56(40-23-15-36(2)16-24-40)48-32-64-52-12-8-6-10-44(52)60(48)62(46)50/h5-30H,31-34H2,1-4H3. The highest BCUT2D eigenvalue weighted by atomic mass is 16.5. The van der Waals surface area contributed by atoms with Crippen LogP contribution in [0.25, 0.3) is 89.0 Å². The lowest BCUT2D eigenvalue weighted by Gasteiger charge is -2.36. The zero-order valence-electron chi connectivity index (χ0n) is 37.5. The first-order valence-electron chi connectivity index (χ1n) is 23.0. The van der Waals surface area contributed by atoms with Gasteiger partial charge < -0.3 is 18.9 Å². The Morgan fingerprint density at radius 2 is 0.530 bits per heavy atom. The third kappa shape index (κ3) is 5.91. The first-order chi connectivity index (χ1) is 32.4. The third-order valence-corrected chi connectivity index (χ3v) is 14.2. The number of rotatable bonds is 4. The summed E-state index contributed by atoms with van der Waals surface area (Å²) in [6.45, 7) is 10.3. The third-order valence-electron chi connectivity index (χ3n) is 14.2. The van der Waals surface area contributed by atoms with Crippen molar-refractivity contribution in [3.63, 3.8) is 0 Å². The van der Waals surface area contributed by atoms with Gasteiger partial charge in [-0.15, -0.1) is 0 Å². The van der Waals surface area contributed by atoms with E-state index in [4.69, 9.17) is 18.9 Å². The number of hydrogen-bond acceptors (Lipinski definition) is 4. The van der Waals surface area contributed by atoms with Crippen LogP contribution >= 0.6 is 0 Å². The van der Waals surface area contributed by atoms with Gasteiger partial charge in [0.2, 0.25) is 0 Å². The zero-order chi connectivity index (χ0) is 44.2. The minimum Gasteiger partial charge on any atom is -0.488 e. The van der Waals surface area contributed by atoms with E-state index in [-0.39, 0.29) is 0 Å². The van der Waals surface area contributed by atoms with E-state index >= 15 is 0 Å². The highest BCUT2D eigenvalue weighted by Crippen LogP contribution is 2.60. The Labute approximate surface area is 385 Å². The molecule has 9 aromatic rings. The zero-order valence-corrected chi connectivity index (χ0v) is 37.5. The van der Waals surface area contributed by atoms with E-state index in [2.05, 4.69) is 185 Å². The fourth-order valence-electron chi connectivity index (χ4n) is 11.0. The second kappa shape index (κ2) is 14.9. The smallest absolute Gasteiger partial charge is 0.131 e. The van der Waals surface area contributed by atoms with E-state index < -0.39 is 0 Å². The van der Waals surface area contributed by atoms with Gasteiger partial charge in [-0.1, -0.05) is 156 Å². The van der Waals surface area contributed by atoms with Gasteiger partial charge >= 0.3 is 0 Å². The number of ether oxygens (including phenoxy) is 4. The van der Waals surface area contributed by atoms with Gasteiger partial charge in [0, 0.05) is 72.8 Å². The van der Waals surface area contributed by atoms with E-state index in [0.29, 0.717) is 26.4 Å². The average molecular weight is 855 g/mol. The fourth-order valence-corrected chi connectivity index (χ4v) is 11.0. The highest BCUT2D eigenvalue weighted by molar-refractivity contribution is 6.08. The van der Waals surface area contributed by atoms with Crippen LogP contribution in [0.5, 0.6) is 23.0 Å². The fraction of sp³-hybridized carbons (Fsp3) is 0.129. The van der Waals surface area contributed by atoms with E-state index in [1.165, 1.54) is 89.0 Å². The maximum Gasteiger partial charge on any atom is 0.131 e. The van der Waals surface area contributed by atoms with Crippen molar-refractivity contribution < 1.29 is 18.9 Å². The molecular weight excluding hydrogens is 809 g/mol. The second-order valence-electron chi connectivity index (χ2n) is 18.4. The van der Waals surface area contributed by atoms with E-state index in [1.807, 2.05) is 0 Å². The number of benzene rings is 9. The molecule has 0 bridgehead atoms. The largest absolute Gasteiger partial charge is 0.488 e. The number of aryl methyl sites for hydroxylation is 4. The lowest BCUT2D eigenvalue weighted by Crippen LogP contribution is -2.18. The van der Waals surface area contributed by atoms with Crippen molar-refractivity contribution in [3.8, 4) is 112 Å². The molecule has 0 amide bonds. The van der Waals surface area contributed by atoms with Crippen LogP contribution in [0.15, 0.2) is 158 Å². The van der Waals surface area contributed by atoms with Crippen LogP contribution in [0, 0.1) is 27.7 Å². The molecule has 0 unspecified atom stereocenters. The summed E-state index contributed by atoms with van der Waals surface area (Å²) in [5.74, 6) is 3.42. The molecule has 0 radical (unpaired) electrons. The molecule has 318 valence electrons. The van der Waals surface area contributed by atoms with Gasteiger partial charge in [0.1, 0.15) is 49.4 Å². The van der Waals surface area contributed by atoms with Gasteiger partial charge in [-0.05, 0) is 90.4 Å². The first kappa shape index (κ1) is 38.6. The van der Waals surface area contributed by atoms with Crippen molar-refractivity contribution in [2.75, 3.05) is 0 Å². The van der Waals surface area contributed by atoms with Crippen LogP contribution in [0.1, 0.15) is 44.5 Å². The summed E-state index contributed by atoms with van der Waals surface area (Å²) in [4.78, 5) is 0. The van der Waals surface area contributed by atoms with Crippen molar-refractivity contribution in [1.82, 2.24) is 0 Å². The van der Waals surface area contributed by atoms with Gasteiger partial charge in [0.05, 0.1) is 0 Å². The minimum absolute atomic E-state index is 0.410. The first-order valence-corrected chi connectivity index (χ1v) is 23.0. The lowest BCUT2D eigenvalue weighted by atomic mass is 9.74. The van der Waals surface area contributed by atoms with Crippen molar-refractivity contribution >= 4 is 0 Å². The molecule has 0 saturated heterocycles. The van der Waals surface area contributed by atoms with Crippen molar-refractivity contribution in [2.45, 2.75) is 54.1 Å². The Bertz CT molecular complexity index is 3240. The normalized spacial score (nSPS) is 13.4. The van der Waals surface area contributed by atoms with Gasteiger partial charge in [-0.3, -0.25) is 0 Å². The summed E-state index contributed by atoms with van der Waals surface area (Å²) < 4.78 is 27.4. The molecule has 0 spiro atoms. The maximum atomic E-state index is 7.01. The topological polar surface area (TPSA) is 36.9 Å². The van der Waals surface area contributed by atoms with Crippen LogP contribution < -0.4 is 18.9 Å². The number of hydrogen-bond donors (Lipinski definition) is 0. The molecule has 0 aliphatic carbocycles. The molecule has 4 heterocycles. The molecule has 4 nitrogen and oxygen atoms in total. The minimum atomic E-state index is 0.410. The average Bonchev–Trinajstić information content (AvgIpc) is 3.35. The second-order valence-corrected chi connectivity index (χ2v) is 18.4. The molecule has 4 heteroatoms. The molecular formula is C62H46O4. The van der Waals surface area contributed by atoms with Crippen LogP contribution in [-0.4, -0.2) is 0 Å². The molecule has 13 rings (SSSR count). The van der Waals surface area contributed by atoms with Gasteiger partial charge in [0.25, 0.3) is 0 Å². The Morgan fingerprint density at radius 3 is 0.848 bits per heavy atom. The summed E-state index contributed by atoms with van der Waals surface area (Å²) in [5.41, 5.74) is 28.1. The summed E-state index contributed by atoms with van der Waals surface area (Å²) in [7, 11) is 0. The molecule has 0 atom stereocenters. The number of para-hydroxylation sites is 2. The molecule has 0 fully saturated rings. The van der Waals surface area contributed by atoms with E-state index in [9.17, 15) is 0 Å². The molecule has 4 aliphatic rings. The Balaban J connectivity index is 1.16. The quantitative estimate of drug-likeness (QED) is 0.177. The van der Waals surface area contributed by atoms with Crippen LogP contribution in [0.3, 0.4) is 0 Å². The molecule has 4 aliphatic heterocycles. The Hall–Kier alpha value is -7.82. The molecule has 0 N–H and O–H groups in total. The molecule has 0 saturated carbocycles. The molecule has 0 aromatic heterocycles. The summed E-state index contributed by atoms with van der Waals surface area (Å²) in [6.07, 6.45) is 0. The van der Waals surface area contributed by atoms with Gasteiger partial charge in [-0.2, -0.15) is 0 Å². The predicted molar refractivity (Wildman–Crippen MR) is 266 cm³/mol. The number of fused-ring (bicyclic) bond motifs is 14. The Morgan fingerprint density at radius 1 is 0.258 bits per heavy atom.